The molecule has 2 heterocycles. The van der Waals surface area contributed by atoms with E-state index >= 15 is 0 Å². The van der Waals surface area contributed by atoms with Gasteiger partial charge >= 0.3 is 0 Å². The van der Waals surface area contributed by atoms with Crippen LogP contribution in [0.2, 0.25) is 0 Å². The first-order valence-electron chi connectivity index (χ1n) is 7.27. The zero-order valence-corrected chi connectivity index (χ0v) is 12.9. The minimum absolute atomic E-state index is 0.0791. The molecule has 4 heteroatoms. The van der Waals surface area contributed by atoms with Crippen LogP contribution in [0.1, 0.15) is 36.0 Å². The number of Topliss-reactive ketones (excluding diaryl/α,β-unsaturated/α-hetero) is 1. The van der Waals surface area contributed by atoms with Gasteiger partial charge in [-0.15, -0.1) is 0 Å². The molecule has 20 heavy (non-hydrogen) atoms. The molecular weight excluding hydrogens is 270 g/mol. The maximum atomic E-state index is 12.6. The average Bonchev–Trinajstić information content (AvgIpc) is 2.68. The maximum Gasteiger partial charge on any atom is 0.166 e. The Bertz CT molecular complexity index is 522. The van der Waals surface area contributed by atoms with E-state index in [9.17, 15) is 9.00 Å². The number of fused-ring (bicyclic) bond motifs is 2. The summed E-state index contributed by atoms with van der Waals surface area (Å²) in [4.78, 5) is 14.6. The molecule has 3 nitrogen and oxygen atoms in total. The first-order valence-corrected chi connectivity index (χ1v) is 8.55. The smallest absolute Gasteiger partial charge is 0.166 e. The highest BCUT2D eigenvalue weighted by atomic mass is 32.2. The van der Waals surface area contributed by atoms with Gasteiger partial charge in [-0.1, -0.05) is 0 Å². The van der Waals surface area contributed by atoms with Crippen LogP contribution in [0.25, 0.3) is 0 Å². The molecule has 0 radical (unpaired) electrons. The van der Waals surface area contributed by atoms with Crippen LogP contribution in [-0.2, 0) is 10.8 Å². The van der Waals surface area contributed by atoms with Gasteiger partial charge in [-0.2, -0.15) is 0 Å². The number of nitrogens with zero attached hydrogens (tertiary/aromatic N) is 1. The Kier molecular flexibility index (Phi) is 3.67. The van der Waals surface area contributed by atoms with E-state index < -0.39 is 10.8 Å². The summed E-state index contributed by atoms with van der Waals surface area (Å²) in [6.45, 7) is 0. The van der Waals surface area contributed by atoms with Crippen molar-refractivity contribution < 1.29 is 9.00 Å². The summed E-state index contributed by atoms with van der Waals surface area (Å²) in [5.74, 6) is 0.319. The fraction of sp³-hybridized carbons (Fsp3) is 0.562. The summed E-state index contributed by atoms with van der Waals surface area (Å²) in [5.41, 5.74) is 1.90. The summed E-state index contributed by atoms with van der Waals surface area (Å²) in [7, 11) is 3.30. The predicted molar refractivity (Wildman–Crippen MR) is 82.8 cm³/mol. The second-order valence-corrected chi connectivity index (χ2v) is 8.11. The first kappa shape index (κ1) is 13.8. The Morgan fingerprint density at radius 1 is 1.10 bits per heavy atom. The summed E-state index contributed by atoms with van der Waals surface area (Å²) in [5, 5.41) is 0.535. The molecule has 108 valence electrons. The van der Waals surface area contributed by atoms with E-state index in [-0.39, 0.29) is 22.2 Å². The van der Waals surface area contributed by atoms with Crippen molar-refractivity contribution in [1.82, 2.24) is 0 Å². The lowest BCUT2D eigenvalue weighted by molar-refractivity contribution is 0.0906. The topological polar surface area (TPSA) is 37.4 Å². The quantitative estimate of drug-likeness (QED) is 0.803. The van der Waals surface area contributed by atoms with Crippen molar-refractivity contribution in [3.8, 4) is 0 Å². The first-order chi connectivity index (χ1) is 9.56. The molecule has 2 saturated heterocycles. The zero-order valence-electron chi connectivity index (χ0n) is 12.0. The third kappa shape index (κ3) is 2.41. The summed E-state index contributed by atoms with van der Waals surface area (Å²) in [6.07, 6.45) is 3.72. The second-order valence-electron chi connectivity index (χ2n) is 6.12. The van der Waals surface area contributed by atoms with E-state index in [0.717, 1.165) is 36.9 Å². The number of rotatable bonds is 3. The number of ketones is 1. The van der Waals surface area contributed by atoms with Crippen LogP contribution in [0, 0.1) is 5.92 Å². The minimum Gasteiger partial charge on any atom is -0.378 e. The molecule has 2 unspecified atom stereocenters. The molecule has 0 aromatic heterocycles. The van der Waals surface area contributed by atoms with E-state index in [1.54, 1.807) is 0 Å². The van der Waals surface area contributed by atoms with E-state index in [1.807, 2.05) is 43.3 Å². The number of benzene rings is 1. The molecule has 2 atom stereocenters. The Hall–Kier alpha value is -1.16. The Morgan fingerprint density at radius 3 is 2.15 bits per heavy atom. The largest absolute Gasteiger partial charge is 0.378 e. The lowest BCUT2D eigenvalue weighted by atomic mass is 9.90. The third-order valence-corrected chi connectivity index (χ3v) is 6.77. The van der Waals surface area contributed by atoms with Crippen molar-refractivity contribution in [3.05, 3.63) is 29.8 Å². The van der Waals surface area contributed by atoms with Gasteiger partial charge in [0.2, 0.25) is 0 Å². The molecule has 2 fully saturated rings. The number of carbonyl (C=O) groups is 1. The standard InChI is InChI=1S/C16H21NO2S/c1-17(2)13-5-3-11(4-6-13)16(18)12-9-14-7-8-15(10-12)20(14)19/h3-6,12,14-15H,7-10H2,1-2H3. The second kappa shape index (κ2) is 5.32. The molecule has 3 rings (SSSR count). The van der Waals surface area contributed by atoms with Gasteiger partial charge in [-0.3, -0.25) is 9.00 Å². The molecule has 0 amide bonds. The van der Waals surface area contributed by atoms with Gasteiger partial charge < -0.3 is 4.90 Å². The van der Waals surface area contributed by atoms with Crippen LogP contribution in [0.5, 0.6) is 0 Å². The van der Waals surface area contributed by atoms with Crippen molar-refractivity contribution in [2.24, 2.45) is 5.92 Å². The van der Waals surface area contributed by atoms with Crippen LogP contribution in [0.4, 0.5) is 5.69 Å². The fourth-order valence-corrected chi connectivity index (χ4v) is 5.53. The summed E-state index contributed by atoms with van der Waals surface area (Å²) in [6, 6.07) is 7.82. The molecular formula is C16H21NO2S. The molecule has 0 saturated carbocycles. The van der Waals surface area contributed by atoms with Crippen LogP contribution >= 0.6 is 0 Å². The average molecular weight is 291 g/mol. The van der Waals surface area contributed by atoms with E-state index in [0.29, 0.717) is 0 Å². The Morgan fingerprint density at radius 2 is 1.65 bits per heavy atom. The molecule has 0 N–H and O–H groups in total. The molecule has 2 aliphatic heterocycles. The van der Waals surface area contributed by atoms with Gasteiger partial charge in [0.25, 0.3) is 0 Å². The van der Waals surface area contributed by atoms with Gasteiger partial charge in [0.15, 0.2) is 5.78 Å². The van der Waals surface area contributed by atoms with Crippen molar-refractivity contribution in [2.75, 3.05) is 19.0 Å². The van der Waals surface area contributed by atoms with E-state index in [1.165, 1.54) is 0 Å². The van der Waals surface area contributed by atoms with Gasteiger partial charge in [0.1, 0.15) is 0 Å². The fourth-order valence-electron chi connectivity index (χ4n) is 3.41. The molecule has 2 bridgehead atoms. The minimum atomic E-state index is -0.681. The van der Waals surface area contributed by atoms with Crippen molar-refractivity contribution in [3.63, 3.8) is 0 Å². The molecule has 0 spiro atoms. The van der Waals surface area contributed by atoms with Gasteiger partial charge in [0, 0.05) is 52.6 Å². The van der Waals surface area contributed by atoms with Crippen LogP contribution in [0.3, 0.4) is 0 Å². The van der Waals surface area contributed by atoms with Gasteiger partial charge in [0.05, 0.1) is 0 Å². The zero-order chi connectivity index (χ0) is 14.3. The molecule has 1 aromatic rings. The van der Waals surface area contributed by atoms with E-state index in [2.05, 4.69) is 0 Å². The highest BCUT2D eigenvalue weighted by molar-refractivity contribution is 7.86. The monoisotopic (exact) mass is 291 g/mol. The van der Waals surface area contributed by atoms with Gasteiger partial charge in [-0.25, -0.2) is 0 Å². The van der Waals surface area contributed by atoms with Crippen molar-refractivity contribution >= 4 is 22.3 Å². The van der Waals surface area contributed by atoms with E-state index in [4.69, 9.17) is 0 Å². The summed E-state index contributed by atoms with van der Waals surface area (Å²) < 4.78 is 12.0. The maximum absolute atomic E-state index is 12.6. The normalized spacial score (nSPS) is 32.1. The highest BCUT2D eigenvalue weighted by Crippen LogP contribution is 2.39. The molecule has 0 aliphatic carbocycles. The highest BCUT2D eigenvalue weighted by Gasteiger charge is 2.42. The number of anilines is 1. The summed E-state index contributed by atoms with van der Waals surface area (Å²) >= 11 is 0. The molecule has 2 aliphatic rings. The van der Waals surface area contributed by atoms with Crippen LogP contribution in [0.15, 0.2) is 24.3 Å². The lowest BCUT2D eigenvalue weighted by Crippen LogP contribution is -2.32. The molecule has 1 aromatic carbocycles. The SMILES string of the molecule is CN(C)c1ccc(C(=O)C2CC3CCC(C2)S3=O)cc1. The van der Waals surface area contributed by atoms with Crippen LogP contribution < -0.4 is 4.90 Å². The van der Waals surface area contributed by atoms with Crippen molar-refractivity contribution in [2.45, 2.75) is 36.2 Å². The number of hydrogen-bond donors (Lipinski definition) is 0. The van der Waals surface area contributed by atoms with Crippen molar-refractivity contribution in [1.29, 1.82) is 0 Å². The lowest BCUT2D eigenvalue weighted by Gasteiger charge is -2.26. The Balaban J connectivity index is 1.74. The Labute approximate surface area is 122 Å². The van der Waals surface area contributed by atoms with Gasteiger partial charge in [-0.05, 0) is 49.9 Å². The number of hydrogen-bond acceptors (Lipinski definition) is 3. The number of carbonyl (C=O) groups excluding carboxylic acids is 1. The third-order valence-electron chi connectivity index (χ3n) is 4.60. The predicted octanol–water partition coefficient (Wildman–Crippen LogP) is 2.63. The van der Waals surface area contributed by atoms with Crippen LogP contribution in [-0.4, -0.2) is 34.6 Å².